The Morgan fingerprint density at radius 2 is 1.84 bits per heavy atom. The summed E-state index contributed by atoms with van der Waals surface area (Å²) in [4.78, 5) is 4.74. The number of likely N-dealkylation sites (tertiary alicyclic amines) is 1. The average Bonchev–Trinajstić information content (AvgIpc) is 2.67. The molecule has 2 rings (SSSR count). The molecular formula is C14H21Cl2N3. The first-order valence-electron chi connectivity index (χ1n) is 6.50. The van der Waals surface area contributed by atoms with E-state index in [1.807, 2.05) is 12.1 Å². The quantitative estimate of drug-likeness (QED) is 0.871. The molecule has 1 aliphatic heterocycles. The van der Waals surface area contributed by atoms with Crippen LogP contribution < -0.4 is 5.73 Å². The van der Waals surface area contributed by atoms with Crippen LogP contribution in [-0.4, -0.2) is 43.0 Å². The highest BCUT2D eigenvalue weighted by molar-refractivity contribution is 6.38. The van der Waals surface area contributed by atoms with Crippen molar-refractivity contribution in [3.8, 4) is 0 Å². The van der Waals surface area contributed by atoms with Crippen LogP contribution in [0.2, 0.25) is 10.0 Å². The van der Waals surface area contributed by atoms with Crippen molar-refractivity contribution in [2.24, 2.45) is 5.92 Å². The highest BCUT2D eigenvalue weighted by atomic mass is 35.5. The van der Waals surface area contributed by atoms with Crippen LogP contribution in [0.15, 0.2) is 12.1 Å². The number of rotatable bonds is 3. The topological polar surface area (TPSA) is 32.5 Å². The predicted octanol–water partition coefficient (Wildman–Crippen LogP) is 2.96. The van der Waals surface area contributed by atoms with E-state index in [0.717, 1.165) is 25.2 Å². The summed E-state index contributed by atoms with van der Waals surface area (Å²) in [5, 5.41) is 1.08. The highest BCUT2D eigenvalue weighted by Crippen LogP contribution is 2.30. The van der Waals surface area contributed by atoms with Gasteiger partial charge in [-0.25, -0.2) is 0 Å². The lowest BCUT2D eigenvalue weighted by Gasteiger charge is -2.22. The second-order valence-corrected chi connectivity index (χ2v) is 6.49. The lowest BCUT2D eigenvalue weighted by atomic mass is 10.1. The van der Waals surface area contributed by atoms with Gasteiger partial charge in [0, 0.05) is 25.7 Å². The summed E-state index contributed by atoms with van der Waals surface area (Å²) in [6.45, 7) is 5.35. The Morgan fingerprint density at radius 3 is 2.32 bits per heavy atom. The molecule has 0 saturated carbocycles. The molecule has 0 aromatic heterocycles. The molecule has 106 valence electrons. The van der Waals surface area contributed by atoms with Gasteiger partial charge in [-0.15, -0.1) is 0 Å². The first-order chi connectivity index (χ1) is 8.88. The van der Waals surface area contributed by atoms with E-state index in [1.165, 1.54) is 0 Å². The van der Waals surface area contributed by atoms with Crippen LogP contribution in [0.5, 0.6) is 0 Å². The summed E-state index contributed by atoms with van der Waals surface area (Å²) in [6, 6.07) is 4.44. The predicted molar refractivity (Wildman–Crippen MR) is 82.8 cm³/mol. The van der Waals surface area contributed by atoms with Crippen LogP contribution in [0, 0.1) is 5.92 Å². The molecular weight excluding hydrogens is 281 g/mol. The van der Waals surface area contributed by atoms with Crippen molar-refractivity contribution in [3.63, 3.8) is 0 Å². The molecule has 1 saturated heterocycles. The molecule has 1 aromatic rings. The van der Waals surface area contributed by atoms with Gasteiger partial charge < -0.3 is 10.6 Å². The smallest absolute Gasteiger partial charge is 0.0693 e. The molecule has 1 heterocycles. The summed E-state index contributed by atoms with van der Waals surface area (Å²) in [5.74, 6) is 0.676. The summed E-state index contributed by atoms with van der Waals surface area (Å²) in [6.07, 6.45) is 0. The molecule has 2 atom stereocenters. The molecule has 2 unspecified atom stereocenters. The van der Waals surface area contributed by atoms with E-state index in [2.05, 4.69) is 30.8 Å². The van der Waals surface area contributed by atoms with E-state index in [0.29, 0.717) is 27.7 Å². The minimum absolute atomic E-state index is 0.466. The lowest BCUT2D eigenvalue weighted by Crippen LogP contribution is -2.34. The third-order valence-corrected chi connectivity index (χ3v) is 4.48. The fourth-order valence-corrected chi connectivity index (χ4v) is 3.37. The number of nitrogens with two attached hydrogens (primary N) is 1. The first kappa shape index (κ1) is 14.9. The van der Waals surface area contributed by atoms with E-state index in [9.17, 15) is 0 Å². The normalized spacial score (nSPS) is 24.3. The van der Waals surface area contributed by atoms with Gasteiger partial charge in [0.15, 0.2) is 0 Å². The van der Waals surface area contributed by atoms with Crippen LogP contribution >= 0.6 is 23.2 Å². The fraction of sp³-hybridized carbons (Fsp3) is 0.571. The number of benzene rings is 1. The monoisotopic (exact) mass is 301 g/mol. The molecule has 1 fully saturated rings. The van der Waals surface area contributed by atoms with Crippen LogP contribution in [0.3, 0.4) is 0 Å². The largest absolute Gasteiger partial charge is 0.396 e. The van der Waals surface area contributed by atoms with E-state index in [4.69, 9.17) is 28.9 Å². The molecule has 2 N–H and O–H groups in total. The Labute approximate surface area is 125 Å². The van der Waals surface area contributed by atoms with Crippen LogP contribution in [-0.2, 0) is 6.54 Å². The maximum Gasteiger partial charge on any atom is 0.0693 e. The van der Waals surface area contributed by atoms with E-state index >= 15 is 0 Å². The highest BCUT2D eigenvalue weighted by Gasteiger charge is 2.30. The first-order valence-corrected chi connectivity index (χ1v) is 7.26. The van der Waals surface area contributed by atoms with Crippen molar-refractivity contribution in [1.82, 2.24) is 9.80 Å². The summed E-state index contributed by atoms with van der Waals surface area (Å²) in [7, 11) is 4.28. The third kappa shape index (κ3) is 3.34. The Bertz CT molecular complexity index is 439. The molecule has 19 heavy (non-hydrogen) atoms. The molecule has 0 bridgehead atoms. The molecule has 0 amide bonds. The second-order valence-electron chi connectivity index (χ2n) is 5.68. The number of likely N-dealkylation sites (N-methyl/N-ethyl adjacent to an activating group) is 1. The van der Waals surface area contributed by atoms with E-state index in [1.54, 1.807) is 0 Å². The zero-order valence-corrected chi connectivity index (χ0v) is 13.2. The minimum Gasteiger partial charge on any atom is -0.396 e. The molecule has 5 heteroatoms. The number of nitrogens with zero attached hydrogens (tertiary/aromatic N) is 2. The molecule has 0 aliphatic carbocycles. The Hall–Kier alpha value is -0.480. The van der Waals surface area contributed by atoms with Gasteiger partial charge in [0.25, 0.3) is 0 Å². The molecule has 3 nitrogen and oxygen atoms in total. The number of hydrogen-bond acceptors (Lipinski definition) is 3. The number of nitrogen functional groups attached to an aromatic ring is 1. The molecule has 1 aromatic carbocycles. The maximum absolute atomic E-state index is 6.08. The van der Waals surface area contributed by atoms with Crippen molar-refractivity contribution in [2.75, 3.05) is 32.9 Å². The summed E-state index contributed by atoms with van der Waals surface area (Å²) >= 11 is 12.2. The van der Waals surface area contributed by atoms with Crippen molar-refractivity contribution >= 4 is 28.9 Å². The van der Waals surface area contributed by atoms with Gasteiger partial charge in [0.05, 0.1) is 15.7 Å². The number of anilines is 1. The second kappa shape index (κ2) is 5.88. The average molecular weight is 302 g/mol. The Morgan fingerprint density at radius 1 is 1.26 bits per heavy atom. The van der Waals surface area contributed by atoms with Gasteiger partial charge in [0.2, 0.25) is 0 Å². The van der Waals surface area contributed by atoms with Crippen molar-refractivity contribution < 1.29 is 0 Å². The van der Waals surface area contributed by atoms with E-state index in [-0.39, 0.29) is 0 Å². The van der Waals surface area contributed by atoms with Crippen LogP contribution in [0.4, 0.5) is 5.69 Å². The van der Waals surface area contributed by atoms with Crippen molar-refractivity contribution in [3.05, 3.63) is 27.7 Å². The number of halogens is 2. The third-order valence-electron chi connectivity index (χ3n) is 3.86. The molecule has 1 aliphatic rings. The molecule has 0 radical (unpaired) electrons. The van der Waals surface area contributed by atoms with Gasteiger partial charge >= 0.3 is 0 Å². The number of hydrogen-bond donors (Lipinski definition) is 1. The SMILES string of the molecule is CC1CN(Cc2cc(Cl)c(N)c(Cl)c2)CC1N(C)C. The Kier molecular flexibility index (Phi) is 4.62. The van der Waals surface area contributed by atoms with Crippen LogP contribution in [0.1, 0.15) is 12.5 Å². The van der Waals surface area contributed by atoms with E-state index < -0.39 is 0 Å². The van der Waals surface area contributed by atoms with Gasteiger partial charge in [-0.05, 0) is 37.7 Å². The van der Waals surface area contributed by atoms with Crippen LogP contribution in [0.25, 0.3) is 0 Å². The van der Waals surface area contributed by atoms with Crippen molar-refractivity contribution in [2.45, 2.75) is 19.5 Å². The van der Waals surface area contributed by atoms with Gasteiger partial charge in [-0.1, -0.05) is 30.1 Å². The van der Waals surface area contributed by atoms with Gasteiger partial charge in [-0.3, -0.25) is 4.90 Å². The van der Waals surface area contributed by atoms with Crippen molar-refractivity contribution in [1.29, 1.82) is 0 Å². The fourth-order valence-electron chi connectivity index (χ4n) is 2.84. The Balaban J connectivity index is 2.07. The van der Waals surface area contributed by atoms with Gasteiger partial charge in [-0.2, -0.15) is 0 Å². The maximum atomic E-state index is 6.08. The zero-order chi connectivity index (χ0) is 14.2. The standard InChI is InChI=1S/C14H21Cl2N3/c1-9-6-19(8-13(9)18(2)3)7-10-4-11(15)14(17)12(16)5-10/h4-5,9,13H,6-8,17H2,1-3H3. The molecule has 0 spiro atoms. The zero-order valence-electron chi connectivity index (χ0n) is 11.7. The van der Waals surface area contributed by atoms with Gasteiger partial charge in [0.1, 0.15) is 0 Å². The summed E-state index contributed by atoms with van der Waals surface area (Å²) in [5.41, 5.74) is 7.35. The minimum atomic E-state index is 0.466. The lowest BCUT2D eigenvalue weighted by molar-refractivity contribution is 0.250. The summed E-state index contributed by atoms with van der Waals surface area (Å²) < 4.78 is 0.